The summed E-state index contributed by atoms with van der Waals surface area (Å²) in [6.07, 6.45) is 2.33. The van der Waals surface area contributed by atoms with Gasteiger partial charge in [0.1, 0.15) is 0 Å². The molecule has 1 N–H and O–H groups in total. The number of nitrogens with one attached hydrogen (secondary N) is 1. The number of aryl methyl sites for hydroxylation is 1. The smallest absolute Gasteiger partial charge is 0.0466 e. The highest BCUT2D eigenvalue weighted by Crippen LogP contribution is 2.21. The average molecular weight is 249 g/mol. The molecule has 2 nitrogen and oxygen atoms in total. The maximum absolute atomic E-state index is 5.43. The van der Waals surface area contributed by atoms with Crippen molar-refractivity contribution in [3.63, 3.8) is 0 Å². The molecule has 0 fully saturated rings. The van der Waals surface area contributed by atoms with E-state index in [-0.39, 0.29) is 0 Å². The minimum Gasteiger partial charge on any atom is -0.382 e. The van der Waals surface area contributed by atoms with E-state index in [1.165, 1.54) is 17.5 Å². The van der Waals surface area contributed by atoms with Gasteiger partial charge in [-0.2, -0.15) is 0 Å². The van der Waals surface area contributed by atoms with E-state index in [0.29, 0.717) is 5.92 Å². The summed E-state index contributed by atoms with van der Waals surface area (Å²) in [4.78, 5) is 0. The van der Waals surface area contributed by atoms with Gasteiger partial charge in [-0.15, -0.1) is 0 Å². The van der Waals surface area contributed by atoms with Gasteiger partial charge in [0, 0.05) is 19.8 Å². The minimum atomic E-state index is 0.602. The van der Waals surface area contributed by atoms with Crippen LogP contribution >= 0.6 is 0 Å². The molecule has 1 rings (SSSR count). The Morgan fingerprint density at radius 2 is 2.11 bits per heavy atom. The third kappa shape index (κ3) is 5.65. The normalized spacial score (nSPS) is 12.6. The number of ether oxygens (including phenoxy) is 1. The molecule has 0 saturated carbocycles. The second-order valence-corrected chi connectivity index (χ2v) is 4.76. The van der Waals surface area contributed by atoms with Crippen molar-refractivity contribution >= 4 is 0 Å². The van der Waals surface area contributed by atoms with Crippen molar-refractivity contribution in [2.75, 3.05) is 26.3 Å². The molecule has 0 aliphatic carbocycles. The molecule has 1 unspecified atom stereocenters. The largest absolute Gasteiger partial charge is 0.382 e. The van der Waals surface area contributed by atoms with Crippen molar-refractivity contribution in [1.29, 1.82) is 0 Å². The summed E-state index contributed by atoms with van der Waals surface area (Å²) >= 11 is 0. The number of hydrogen-bond donors (Lipinski definition) is 1. The van der Waals surface area contributed by atoms with Gasteiger partial charge in [-0.05, 0) is 44.7 Å². The number of benzene rings is 1. The average Bonchev–Trinajstić information content (AvgIpc) is 2.38. The Labute approximate surface area is 112 Å². The maximum atomic E-state index is 5.43. The Bertz CT molecular complexity index is 325. The zero-order valence-corrected chi connectivity index (χ0v) is 12.0. The first-order valence-corrected chi connectivity index (χ1v) is 7.13. The molecule has 102 valence electrons. The zero-order chi connectivity index (χ0) is 13.2. The van der Waals surface area contributed by atoms with E-state index in [1.54, 1.807) is 0 Å². The Morgan fingerprint density at radius 1 is 1.28 bits per heavy atom. The second kappa shape index (κ2) is 9.12. The fourth-order valence-electron chi connectivity index (χ4n) is 2.21. The van der Waals surface area contributed by atoms with Crippen LogP contribution < -0.4 is 5.32 Å². The molecule has 0 aliphatic rings. The van der Waals surface area contributed by atoms with Gasteiger partial charge in [0.2, 0.25) is 0 Å². The molecule has 0 bridgehead atoms. The number of hydrogen-bond acceptors (Lipinski definition) is 2. The van der Waals surface area contributed by atoms with Crippen molar-refractivity contribution < 1.29 is 4.74 Å². The van der Waals surface area contributed by atoms with Crippen LogP contribution in [0.5, 0.6) is 0 Å². The topological polar surface area (TPSA) is 21.3 Å². The van der Waals surface area contributed by atoms with Crippen molar-refractivity contribution in [2.45, 2.75) is 39.5 Å². The molecule has 1 aromatic carbocycles. The quantitative estimate of drug-likeness (QED) is 0.676. The highest BCUT2D eigenvalue weighted by Gasteiger charge is 2.10. The Hall–Kier alpha value is -0.860. The molecule has 0 saturated heterocycles. The molecule has 18 heavy (non-hydrogen) atoms. The van der Waals surface area contributed by atoms with Crippen LogP contribution in [0, 0.1) is 6.92 Å². The minimum absolute atomic E-state index is 0.602. The third-order valence-electron chi connectivity index (χ3n) is 3.20. The Kier molecular flexibility index (Phi) is 7.70. The molecule has 1 aromatic rings. The van der Waals surface area contributed by atoms with Crippen LogP contribution in [0.3, 0.4) is 0 Å². The molecule has 0 amide bonds. The van der Waals surface area contributed by atoms with Gasteiger partial charge < -0.3 is 10.1 Å². The molecule has 0 spiro atoms. The van der Waals surface area contributed by atoms with Crippen molar-refractivity contribution in [1.82, 2.24) is 5.32 Å². The van der Waals surface area contributed by atoms with Gasteiger partial charge in [0.25, 0.3) is 0 Å². The molecule has 2 heteroatoms. The molecule has 0 heterocycles. The molecular formula is C16H27NO. The summed E-state index contributed by atoms with van der Waals surface area (Å²) in [5.41, 5.74) is 2.80. The summed E-state index contributed by atoms with van der Waals surface area (Å²) < 4.78 is 5.43. The van der Waals surface area contributed by atoms with E-state index in [4.69, 9.17) is 4.74 Å². The number of rotatable bonds is 9. The predicted molar refractivity (Wildman–Crippen MR) is 78.2 cm³/mol. The first kappa shape index (κ1) is 15.2. The van der Waals surface area contributed by atoms with E-state index in [1.807, 2.05) is 0 Å². The van der Waals surface area contributed by atoms with Crippen molar-refractivity contribution in [3.8, 4) is 0 Å². The summed E-state index contributed by atoms with van der Waals surface area (Å²) in [7, 11) is 0. The van der Waals surface area contributed by atoms with E-state index >= 15 is 0 Å². The highest BCUT2D eigenvalue weighted by atomic mass is 16.5. The van der Waals surface area contributed by atoms with Crippen LogP contribution in [0.2, 0.25) is 0 Å². The highest BCUT2D eigenvalue weighted by molar-refractivity contribution is 5.25. The van der Waals surface area contributed by atoms with Crippen LogP contribution in [0.1, 0.15) is 43.7 Å². The molecule has 1 atom stereocenters. The first-order chi connectivity index (χ1) is 8.77. The lowest BCUT2D eigenvalue weighted by Crippen LogP contribution is -2.21. The first-order valence-electron chi connectivity index (χ1n) is 7.13. The summed E-state index contributed by atoms with van der Waals surface area (Å²) in [5, 5.41) is 3.47. The predicted octanol–water partition coefficient (Wildman–Crippen LogP) is 3.50. The van der Waals surface area contributed by atoms with E-state index < -0.39 is 0 Å². The molecule has 0 aliphatic heterocycles. The molecule has 0 radical (unpaired) electrons. The number of likely N-dealkylation sites (N-methyl/N-ethyl adjacent to an activating group) is 1. The third-order valence-corrected chi connectivity index (χ3v) is 3.20. The van der Waals surface area contributed by atoms with Gasteiger partial charge in [-0.3, -0.25) is 0 Å². The van der Waals surface area contributed by atoms with Gasteiger partial charge >= 0.3 is 0 Å². The fourth-order valence-corrected chi connectivity index (χ4v) is 2.21. The summed E-state index contributed by atoms with van der Waals surface area (Å²) in [5.74, 6) is 0.602. The monoisotopic (exact) mass is 249 g/mol. The van der Waals surface area contributed by atoms with Crippen molar-refractivity contribution in [3.05, 3.63) is 35.4 Å². The van der Waals surface area contributed by atoms with Gasteiger partial charge in [-0.1, -0.05) is 36.8 Å². The lowest BCUT2D eigenvalue weighted by molar-refractivity contribution is 0.141. The van der Waals surface area contributed by atoms with Crippen LogP contribution in [0.15, 0.2) is 24.3 Å². The van der Waals surface area contributed by atoms with Crippen LogP contribution in [-0.2, 0) is 4.74 Å². The lowest BCUT2D eigenvalue weighted by atomic mass is 9.93. The lowest BCUT2D eigenvalue weighted by Gasteiger charge is -2.18. The maximum Gasteiger partial charge on any atom is 0.0466 e. The Morgan fingerprint density at radius 3 is 2.78 bits per heavy atom. The fraction of sp³-hybridized carbons (Fsp3) is 0.625. The van der Waals surface area contributed by atoms with Crippen LogP contribution in [0.25, 0.3) is 0 Å². The standard InChI is InChI=1S/C16H27NO/c1-4-17-13-16(10-7-11-18-5-2)15-9-6-8-14(3)12-15/h6,8-9,12,16-17H,4-5,7,10-11,13H2,1-3H3. The van der Waals surface area contributed by atoms with Gasteiger partial charge in [0.15, 0.2) is 0 Å². The van der Waals surface area contributed by atoms with E-state index in [9.17, 15) is 0 Å². The summed E-state index contributed by atoms with van der Waals surface area (Å²) in [6.45, 7) is 10.2. The Balaban J connectivity index is 2.54. The molecular weight excluding hydrogens is 222 g/mol. The zero-order valence-electron chi connectivity index (χ0n) is 12.0. The SMILES string of the molecule is CCNCC(CCCOCC)c1cccc(C)c1. The van der Waals surface area contributed by atoms with Crippen molar-refractivity contribution in [2.24, 2.45) is 0 Å². The van der Waals surface area contributed by atoms with Crippen LogP contribution in [0.4, 0.5) is 0 Å². The van der Waals surface area contributed by atoms with E-state index in [2.05, 4.69) is 50.4 Å². The van der Waals surface area contributed by atoms with E-state index in [0.717, 1.165) is 32.7 Å². The van der Waals surface area contributed by atoms with Crippen LogP contribution in [-0.4, -0.2) is 26.3 Å². The van der Waals surface area contributed by atoms with Gasteiger partial charge in [0.05, 0.1) is 0 Å². The summed E-state index contributed by atoms with van der Waals surface area (Å²) in [6, 6.07) is 8.87. The molecule has 0 aromatic heterocycles. The second-order valence-electron chi connectivity index (χ2n) is 4.76. The van der Waals surface area contributed by atoms with Gasteiger partial charge in [-0.25, -0.2) is 0 Å².